The third-order valence-corrected chi connectivity index (χ3v) is 2.17. The summed E-state index contributed by atoms with van der Waals surface area (Å²) in [6.45, 7) is 4.57. The lowest BCUT2D eigenvalue weighted by Crippen LogP contribution is -2.26. The summed E-state index contributed by atoms with van der Waals surface area (Å²) >= 11 is 0. The Labute approximate surface area is 84.5 Å². The van der Waals surface area contributed by atoms with Crippen molar-refractivity contribution in [3.63, 3.8) is 0 Å². The molecule has 0 spiro atoms. The molecule has 0 aliphatic heterocycles. The second-order valence-corrected chi connectivity index (χ2v) is 3.45. The molecule has 0 fully saturated rings. The van der Waals surface area contributed by atoms with Gasteiger partial charge in [-0.1, -0.05) is 0 Å². The third-order valence-electron chi connectivity index (χ3n) is 2.17. The van der Waals surface area contributed by atoms with Crippen molar-refractivity contribution < 1.29 is 4.79 Å². The van der Waals surface area contributed by atoms with E-state index < -0.39 is 0 Å². The van der Waals surface area contributed by atoms with Crippen LogP contribution >= 0.6 is 0 Å². The fraction of sp³-hybridized carbons (Fsp3) is 0.364. The minimum Gasteiger partial charge on any atom is -0.399 e. The van der Waals surface area contributed by atoms with Gasteiger partial charge in [0.05, 0.1) is 0 Å². The lowest BCUT2D eigenvalue weighted by molar-refractivity contribution is 0.0802. The lowest BCUT2D eigenvalue weighted by Gasteiger charge is -2.15. The van der Waals surface area contributed by atoms with E-state index >= 15 is 0 Å². The summed E-state index contributed by atoms with van der Waals surface area (Å²) in [5, 5.41) is 0. The van der Waals surface area contributed by atoms with Gasteiger partial charge in [-0.3, -0.25) is 4.79 Å². The molecule has 1 aromatic rings. The Balaban J connectivity index is 3.01. The first kappa shape index (κ1) is 10.6. The fourth-order valence-corrected chi connectivity index (χ4v) is 1.30. The molecule has 0 bridgehead atoms. The van der Waals surface area contributed by atoms with E-state index in [0.29, 0.717) is 17.8 Å². The Morgan fingerprint density at radius 3 is 2.57 bits per heavy atom. The molecule has 1 aromatic carbocycles. The quantitative estimate of drug-likeness (QED) is 0.724. The first-order valence-corrected chi connectivity index (χ1v) is 4.67. The summed E-state index contributed by atoms with van der Waals surface area (Å²) in [5.74, 6) is 0.0166. The summed E-state index contributed by atoms with van der Waals surface area (Å²) in [5.41, 5.74) is 7.98. The normalized spacial score (nSPS) is 9.93. The number of carbonyl (C=O) groups is 1. The van der Waals surface area contributed by atoms with Crippen molar-refractivity contribution in [2.45, 2.75) is 13.8 Å². The molecule has 0 saturated heterocycles. The Hall–Kier alpha value is -1.51. The average Bonchev–Trinajstić information content (AvgIpc) is 2.14. The predicted molar refractivity (Wildman–Crippen MR) is 58.2 cm³/mol. The van der Waals surface area contributed by atoms with Crippen LogP contribution in [0.25, 0.3) is 0 Å². The highest BCUT2D eigenvalue weighted by Gasteiger charge is 2.10. The van der Waals surface area contributed by atoms with E-state index in [-0.39, 0.29) is 5.91 Å². The molecule has 0 saturated carbocycles. The van der Waals surface area contributed by atoms with Crippen molar-refractivity contribution in [3.8, 4) is 0 Å². The van der Waals surface area contributed by atoms with Gasteiger partial charge < -0.3 is 10.6 Å². The molecule has 1 amide bonds. The number of nitrogens with two attached hydrogens (primary N) is 1. The minimum atomic E-state index is 0.0166. The molecule has 76 valence electrons. The SMILES string of the molecule is CCN(C)C(=O)c1cc(C)cc(N)c1. The van der Waals surface area contributed by atoms with Crippen LogP contribution in [0.3, 0.4) is 0 Å². The zero-order chi connectivity index (χ0) is 10.7. The summed E-state index contributed by atoms with van der Waals surface area (Å²) in [6, 6.07) is 5.41. The van der Waals surface area contributed by atoms with Crippen molar-refractivity contribution in [2.75, 3.05) is 19.3 Å². The number of rotatable bonds is 2. The Morgan fingerprint density at radius 1 is 1.43 bits per heavy atom. The highest BCUT2D eigenvalue weighted by molar-refractivity contribution is 5.95. The molecule has 2 N–H and O–H groups in total. The van der Waals surface area contributed by atoms with Crippen molar-refractivity contribution in [2.24, 2.45) is 0 Å². The summed E-state index contributed by atoms with van der Waals surface area (Å²) in [4.78, 5) is 13.4. The van der Waals surface area contributed by atoms with Crippen molar-refractivity contribution in [1.29, 1.82) is 0 Å². The van der Waals surface area contributed by atoms with Gasteiger partial charge in [0.1, 0.15) is 0 Å². The maximum Gasteiger partial charge on any atom is 0.253 e. The van der Waals surface area contributed by atoms with E-state index in [2.05, 4.69) is 0 Å². The van der Waals surface area contributed by atoms with Gasteiger partial charge >= 0.3 is 0 Å². The summed E-state index contributed by atoms with van der Waals surface area (Å²) in [6.07, 6.45) is 0. The van der Waals surface area contributed by atoms with Crippen LogP contribution in [0.2, 0.25) is 0 Å². The maximum absolute atomic E-state index is 11.8. The number of amides is 1. The molecule has 0 atom stereocenters. The number of hydrogen-bond donors (Lipinski definition) is 1. The minimum absolute atomic E-state index is 0.0166. The molecule has 0 heterocycles. The van der Waals surface area contributed by atoms with Gasteiger partial charge in [-0.05, 0) is 37.6 Å². The number of hydrogen-bond acceptors (Lipinski definition) is 2. The van der Waals surface area contributed by atoms with Crippen LogP contribution in [0.5, 0.6) is 0 Å². The topological polar surface area (TPSA) is 46.3 Å². The van der Waals surface area contributed by atoms with Crippen molar-refractivity contribution >= 4 is 11.6 Å². The third kappa shape index (κ3) is 2.25. The molecule has 0 aliphatic carbocycles. The number of aryl methyl sites for hydroxylation is 1. The van der Waals surface area contributed by atoms with Crippen LogP contribution < -0.4 is 5.73 Å². The van der Waals surface area contributed by atoms with Crippen LogP contribution in [-0.4, -0.2) is 24.4 Å². The molecular formula is C11H16N2O. The van der Waals surface area contributed by atoms with Gasteiger partial charge in [-0.2, -0.15) is 0 Å². The van der Waals surface area contributed by atoms with Crippen LogP contribution in [-0.2, 0) is 0 Å². The van der Waals surface area contributed by atoms with Gasteiger partial charge in [0, 0.05) is 24.8 Å². The van der Waals surface area contributed by atoms with Gasteiger partial charge in [0.15, 0.2) is 0 Å². The predicted octanol–water partition coefficient (Wildman–Crippen LogP) is 1.67. The van der Waals surface area contributed by atoms with E-state index in [9.17, 15) is 4.79 Å². The van der Waals surface area contributed by atoms with Crippen molar-refractivity contribution in [3.05, 3.63) is 29.3 Å². The summed E-state index contributed by atoms with van der Waals surface area (Å²) in [7, 11) is 1.78. The number of nitrogens with zero attached hydrogens (tertiary/aromatic N) is 1. The van der Waals surface area contributed by atoms with E-state index in [4.69, 9.17) is 5.73 Å². The van der Waals surface area contributed by atoms with Crippen LogP contribution in [0.15, 0.2) is 18.2 Å². The van der Waals surface area contributed by atoms with Gasteiger partial charge in [0.2, 0.25) is 0 Å². The number of carbonyl (C=O) groups excluding carboxylic acids is 1. The van der Waals surface area contributed by atoms with Crippen LogP contribution in [0.4, 0.5) is 5.69 Å². The molecule has 0 radical (unpaired) electrons. The van der Waals surface area contributed by atoms with Crippen molar-refractivity contribution in [1.82, 2.24) is 4.90 Å². The van der Waals surface area contributed by atoms with Gasteiger partial charge in [-0.15, -0.1) is 0 Å². The van der Waals surface area contributed by atoms with E-state index in [1.807, 2.05) is 26.0 Å². The molecular weight excluding hydrogens is 176 g/mol. The van der Waals surface area contributed by atoms with Crippen LogP contribution in [0, 0.1) is 6.92 Å². The smallest absolute Gasteiger partial charge is 0.253 e. The largest absolute Gasteiger partial charge is 0.399 e. The zero-order valence-corrected chi connectivity index (χ0v) is 8.87. The Bertz CT molecular complexity index is 327. The number of anilines is 1. The molecule has 3 nitrogen and oxygen atoms in total. The monoisotopic (exact) mass is 192 g/mol. The molecule has 1 rings (SSSR count). The fourth-order valence-electron chi connectivity index (χ4n) is 1.30. The molecule has 14 heavy (non-hydrogen) atoms. The second kappa shape index (κ2) is 4.13. The van der Waals surface area contributed by atoms with Gasteiger partial charge in [-0.25, -0.2) is 0 Å². The lowest BCUT2D eigenvalue weighted by atomic mass is 10.1. The molecule has 0 unspecified atom stereocenters. The molecule has 0 aliphatic rings. The van der Waals surface area contributed by atoms with Gasteiger partial charge in [0.25, 0.3) is 5.91 Å². The molecule has 3 heteroatoms. The Morgan fingerprint density at radius 2 is 2.07 bits per heavy atom. The average molecular weight is 192 g/mol. The highest BCUT2D eigenvalue weighted by atomic mass is 16.2. The first-order chi connectivity index (χ1) is 6.54. The number of nitrogen functional groups attached to an aromatic ring is 1. The van der Waals surface area contributed by atoms with E-state index in [0.717, 1.165) is 5.56 Å². The standard InChI is InChI=1S/C11H16N2O/c1-4-13(3)11(14)9-5-8(2)6-10(12)7-9/h5-7H,4,12H2,1-3H3. The molecule has 0 aromatic heterocycles. The van der Waals surface area contributed by atoms with Crippen LogP contribution in [0.1, 0.15) is 22.8 Å². The number of benzene rings is 1. The maximum atomic E-state index is 11.8. The zero-order valence-electron chi connectivity index (χ0n) is 8.87. The highest BCUT2D eigenvalue weighted by Crippen LogP contribution is 2.12. The van der Waals surface area contributed by atoms with E-state index in [1.165, 1.54) is 0 Å². The summed E-state index contributed by atoms with van der Waals surface area (Å²) < 4.78 is 0. The second-order valence-electron chi connectivity index (χ2n) is 3.45. The Kier molecular flexibility index (Phi) is 3.12. The first-order valence-electron chi connectivity index (χ1n) is 4.67. The van der Waals surface area contributed by atoms with E-state index in [1.54, 1.807) is 18.0 Å².